The monoisotopic (exact) mass is 385 g/mol. The molecule has 1 aliphatic carbocycles. The molecule has 2 aliphatic rings. The van der Waals surface area contributed by atoms with E-state index in [1.807, 2.05) is 23.6 Å². The van der Waals surface area contributed by atoms with Gasteiger partial charge in [-0.1, -0.05) is 6.07 Å². The highest BCUT2D eigenvalue weighted by Gasteiger charge is 2.26. The Morgan fingerprint density at radius 3 is 2.73 bits per heavy atom. The molecule has 4 rings (SSSR count). The number of nitriles is 1. The quantitative estimate of drug-likeness (QED) is 0.749. The Balaban J connectivity index is 1.67. The zero-order valence-corrected chi connectivity index (χ0v) is 16.2. The highest BCUT2D eigenvalue weighted by Crippen LogP contribution is 2.36. The number of hydrogen-bond donors (Lipinski definition) is 0. The van der Waals surface area contributed by atoms with Crippen molar-refractivity contribution in [1.82, 2.24) is 4.98 Å². The molecule has 26 heavy (non-hydrogen) atoms. The van der Waals surface area contributed by atoms with Crippen LogP contribution in [0.1, 0.15) is 36.3 Å². The van der Waals surface area contributed by atoms with E-state index < -0.39 is 10.0 Å². The van der Waals surface area contributed by atoms with Crippen LogP contribution < -0.4 is 4.31 Å². The molecule has 1 aromatic heterocycles. The molecule has 0 atom stereocenters. The van der Waals surface area contributed by atoms with E-state index in [9.17, 15) is 13.7 Å². The van der Waals surface area contributed by atoms with Crippen molar-refractivity contribution in [1.29, 1.82) is 5.26 Å². The van der Waals surface area contributed by atoms with E-state index >= 15 is 0 Å². The second-order valence-corrected chi connectivity index (χ2v) is 9.53. The molecule has 0 saturated heterocycles. The molecule has 7 heteroatoms. The largest absolute Gasteiger partial charge is 0.270 e. The van der Waals surface area contributed by atoms with E-state index in [1.165, 1.54) is 27.5 Å². The molecular formula is C19H19N3O2S2. The smallest absolute Gasteiger partial charge is 0.232 e. The minimum atomic E-state index is -3.24. The van der Waals surface area contributed by atoms with Crippen molar-refractivity contribution in [2.24, 2.45) is 0 Å². The molecule has 0 spiro atoms. The lowest BCUT2D eigenvalue weighted by molar-refractivity contribution is 0.598. The number of nitrogens with zero attached hydrogens (tertiary/aromatic N) is 3. The summed E-state index contributed by atoms with van der Waals surface area (Å²) in [6.07, 6.45) is 6.25. The van der Waals surface area contributed by atoms with Crippen LogP contribution in [0.2, 0.25) is 0 Å². The summed E-state index contributed by atoms with van der Waals surface area (Å²) in [5.41, 5.74) is 5.57. The number of hydrogen-bond acceptors (Lipinski definition) is 5. The van der Waals surface area contributed by atoms with Gasteiger partial charge in [-0.15, -0.1) is 11.3 Å². The van der Waals surface area contributed by atoms with Gasteiger partial charge in [0, 0.05) is 17.5 Å². The standard InChI is InChI=1S/C19H19N3O2S2/c1-26(23,24)22-9-8-15-10-14(6-7-18(15)22)17-12-25-19(21-17)16(11-20)13-4-2-3-5-13/h6-7,10,12H,2-5,8-9H2,1H3. The molecule has 1 aromatic carbocycles. The topological polar surface area (TPSA) is 74.1 Å². The molecule has 0 N–H and O–H groups in total. The van der Waals surface area contributed by atoms with Gasteiger partial charge in [0.05, 0.1) is 23.2 Å². The zero-order valence-electron chi connectivity index (χ0n) is 14.5. The van der Waals surface area contributed by atoms with E-state index in [2.05, 4.69) is 6.07 Å². The Kier molecular flexibility index (Phi) is 4.33. The fraction of sp³-hybridized carbons (Fsp3) is 0.368. The Morgan fingerprint density at radius 2 is 2.04 bits per heavy atom. The first kappa shape index (κ1) is 17.3. The molecule has 134 valence electrons. The predicted molar refractivity (Wildman–Crippen MR) is 104 cm³/mol. The summed E-state index contributed by atoms with van der Waals surface area (Å²) >= 11 is 1.50. The van der Waals surface area contributed by atoms with Gasteiger partial charge < -0.3 is 0 Å². The van der Waals surface area contributed by atoms with Crippen LogP contribution in [-0.4, -0.2) is 26.2 Å². The van der Waals surface area contributed by atoms with Crippen molar-refractivity contribution in [3.05, 3.63) is 39.7 Å². The lowest BCUT2D eigenvalue weighted by atomic mass is 10.1. The van der Waals surface area contributed by atoms with Gasteiger partial charge in [-0.25, -0.2) is 13.4 Å². The molecular weight excluding hydrogens is 366 g/mol. The van der Waals surface area contributed by atoms with E-state index in [4.69, 9.17) is 4.98 Å². The van der Waals surface area contributed by atoms with Crippen molar-refractivity contribution in [2.75, 3.05) is 17.1 Å². The van der Waals surface area contributed by atoms with Crippen molar-refractivity contribution >= 4 is 32.6 Å². The Labute approximate surface area is 157 Å². The molecule has 2 heterocycles. The number of rotatable bonds is 3. The Hall–Kier alpha value is -2.17. The van der Waals surface area contributed by atoms with E-state index in [1.54, 1.807) is 0 Å². The van der Waals surface area contributed by atoms with Crippen molar-refractivity contribution in [3.8, 4) is 17.3 Å². The fourth-order valence-corrected chi connectivity index (χ4v) is 5.56. The normalized spacial score (nSPS) is 16.6. The van der Waals surface area contributed by atoms with Gasteiger partial charge in [0.1, 0.15) is 11.1 Å². The summed E-state index contributed by atoms with van der Waals surface area (Å²) in [5, 5.41) is 12.3. The first-order chi connectivity index (χ1) is 12.5. The number of aromatic nitrogens is 1. The minimum absolute atomic E-state index is 0.491. The SMILES string of the molecule is CS(=O)(=O)N1CCc2cc(-c3csc(C(C#N)=C4CCCC4)n3)ccc21. The maximum Gasteiger partial charge on any atom is 0.232 e. The van der Waals surface area contributed by atoms with E-state index in [-0.39, 0.29) is 0 Å². The van der Waals surface area contributed by atoms with Gasteiger partial charge >= 0.3 is 0 Å². The number of benzene rings is 1. The molecule has 2 aromatic rings. The molecule has 0 amide bonds. The van der Waals surface area contributed by atoms with Crippen LogP contribution in [0.15, 0.2) is 29.2 Å². The summed E-state index contributed by atoms with van der Waals surface area (Å²) in [6, 6.07) is 8.14. The van der Waals surface area contributed by atoms with Crippen LogP contribution in [0, 0.1) is 11.3 Å². The van der Waals surface area contributed by atoms with Crippen LogP contribution in [0.3, 0.4) is 0 Å². The van der Waals surface area contributed by atoms with Crippen LogP contribution >= 0.6 is 11.3 Å². The zero-order chi connectivity index (χ0) is 18.3. The van der Waals surface area contributed by atoms with Gasteiger partial charge in [0.25, 0.3) is 0 Å². The second-order valence-electron chi connectivity index (χ2n) is 6.76. The lowest BCUT2D eigenvalue weighted by Gasteiger charge is -2.16. The molecule has 0 bridgehead atoms. The third-order valence-electron chi connectivity index (χ3n) is 5.02. The Bertz CT molecular complexity index is 1040. The first-order valence-corrected chi connectivity index (χ1v) is 11.4. The van der Waals surface area contributed by atoms with Crippen molar-refractivity contribution in [2.45, 2.75) is 32.1 Å². The molecule has 0 radical (unpaired) electrons. The highest BCUT2D eigenvalue weighted by molar-refractivity contribution is 7.92. The molecule has 1 aliphatic heterocycles. The summed E-state index contributed by atoms with van der Waals surface area (Å²) < 4.78 is 25.2. The van der Waals surface area contributed by atoms with Gasteiger partial charge in [0.2, 0.25) is 10.0 Å². The maximum absolute atomic E-state index is 11.9. The Morgan fingerprint density at radius 1 is 1.27 bits per heavy atom. The number of anilines is 1. The van der Waals surface area contributed by atoms with Gasteiger partial charge in [-0.05, 0) is 55.4 Å². The molecule has 1 saturated carbocycles. The summed E-state index contributed by atoms with van der Waals surface area (Å²) in [7, 11) is -3.24. The van der Waals surface area contributed by atoms with Crippen molar-refractivity contribution < 1.29 is 8.42 Å². The number of sulfonamides is 1. The van der Waals surface area contributed by atoms with Crippen LogP contribution in [0.25, 0.3) is 16.8 Å². The van der Waals surface area contributed by atoms with E-state index in [0.717, 1.165) is 58.8 Å². The molecule has 5 nitrogen and oxygen atoms in total. The van der Waals surface area contributed by atoms with Gasteiger partial charge in [-0.2, -0.15) is 5.26 Å². The van der Waals surface area contributed by atoms with Crippen LogP contribution in [0.4, 0.5) is 5.69 Å². The summed E-state index contributed by atoms with van der Waals surface area (Å²) in [6.45, 7) is 0.491. The fourth-order valence-electron chi connectivity index (χ4n) is 3.73. The van der Waals surface area contributed by atoms with Crippen molar-refractivity contribution in [3.63, 3.8) is 0 Å². The predicted octanol–water partition coefficient (Wildman–Crippen LogP) is 3.98. The third kappa shape index (κ3) is 3.04. The average Bonchev–Trinajstić information content (AvgIpc) is 3.35. The average molecular weight is 386 g/mol. The van der Waals surface area contributed by atoms with Gasteiger partial charge in [0.15, 0.2) is 0 Å². The van der Waals surface area contributed by atoms with Crippen LogP contribution in [-0.2, 0) is 16.4 Å². The molecule has 0 unspecified atom stereocenters. The second kappa shape index (κ2) is 6.53. The number of thiazole rings is 1. The first-order valence-electron chi connectivity index (χ1n) is 8.66. The number of allylic oxidation sites excluding steroid dienone is 2. The summed E-state index contributed by atoms with van der Waals surface area (Å²) in [5.74, 6) is 0. The van der Waals surface area contributed by atoms with E-state index in [0.29, 0.717) is 13.0 Å². The summed E-state index contributed by atoms with van der Waals surface area (Å²) in [4.78, 5) is 4.70. The minimum Gasteiger partial charge on any atom is -0.270 e. The van der Waals surface area contributed by atoms with Gasteiger partial charge in [-0.3, -0.25) is 4.31 Å². The third-order valence-corrected chi connectivity index (χ3v) is 7.06. The molecule has 1 fully saturated rings. The number of fused-ring (bicyclic) bond motifs is 1. The highest BCUT2D eigenvalue weighted by atomic mass is 32.2. The van der Waals surface area contributed by atoms with Crippen LogP contribution in [0.5, 0.6) is 0 Å². The lowest BCUT2D eigenvalue weighted by Crippen LogP contribution is -2.27. The maximum atomic E-state index is 11.9.